The minimum Gasteiger partial charge on any atom is -0.365 e. The van der Waals surface area contributed by atoms with E-state index < -0.39 is 0 Å². The molecule has 0 aliphatic rings. The molecule has 0 aliphatic carbocycles. The summed E-state index contributed by atoms with van der Waals surface area (Å²) in [4.78, 5) is 12.0. The maximum atomic E-state index is 4.83. The molecule has 0 radical (unpaired) electrons. The van der Waals surface area contributed by atoms with Crippen LogP contribution in [0.3, 0.4) is 0 Å². The predicted molar refractivity (Wildman–Crippen MR) is 110 cm³/mol. The molecule has 130 valence electrons. The van der Waals surface area contributed by atoms with Gasteiger partial charge in [0.05, 0.1) is 9.75 Å². The van der Waals surface area contributed by atoms with Crippen LogP contribution in [-0.2, 0) is 0 Å². The number of fused-ring (bicyclic) bond motifs is 1. The van der Waals surface area contributed by atoms with Gasteiger partial charge in [0.25, 0.3) is 0 Å². The third-order valence-corrected chi connectivity index (χ3v) is 5.37. The lowest BCUT2D eigenvalue weighted by Gasteiger charge is -2.22. The lowest BCUT2D eigenvalue weighted by atomic mass is 10.1. The maximum Gasteiger partial charge on any atom is 0.195 e. The molecule has 0 amide bonds. The van der Waals surface area contributed by atoms with Crippen LogP contribution in [0.15, 0.2) is 48.2 Å². The molecule has 1 N–H and O–H groups in total. The summed E-state index contributed by atoms with van der Waals surface area (Å²) in [5.41, 5.74) is 1.90. The monoisotopic (exact) mass is 378 g/mol. The molecule has 4 aromatic rings. The number of hydrogen-bond donors (Lipinski definition) is 1. The molecule has 4 heterocycles. The highest BCUT2D eigenvalue weighted by Crippen LogP contribution is 2.36. The first-order valence-corrected chi connectivity index (χ1v) is 9.95. The Morgan fingerprint density at radius 2 is 1.88 bits per heavy atom. The maximum absolute atomic E-state index is 4.83. The Morgan fingerprint density at radius 1 is 1.08 bits per heavy atom. The summed E-state index contributed by atoms with van der Waals surface area (Å²) in [7, 11) is 0. The molecule has 0 unspecified atom stereocenters. The average Bonchev–Trinajstić information content (AvgIpc) is 3.30. The van der Waals surface area contributed by atoms with Crippen LogP contribution in [0.1, 0.15) is 31.2 Å². The van der Waals surface area contributed by atoms with Crippen molar-refractivity contribution in [2.75, 3.05) is 5.32 Å². The molecule has 26 heavy (non-hydrogen) atoms. The van der Waals surface area contributed by atoms with Crippen molar-refractivity contribution >= 4 is 33.5 Å². The predicted octanol–water partition coefficient (Wildman–Crippen LogP) is 5.13. The quantitative estimate of drug-likeness (QED) is 0.492. The molecule has 4 nitrogen and oxygen atoms in total. The molecule has 0 aliphatic heterocycles. The first kappa shape index (κ1) is 16.8. The molecule has 6 heteroatoms. The normalized spacial score (nSPS) is 11.3. The standard InChI is InChI=1S/C20H18N4S2/c1-20(2,3)23-18-17(22-19-24(18)12-13-25-19)16-7-6-15(26-16)5-4-14-8-10-21-11-9-14/h6-13,23H,1-3H3. The third-order valence-electron chi connectivity index (χ3n) is 3.61. The summed E-state index contributed by atoms with van der Waals surface area (Å²) < 4.78 is 2.12. The molecule has 0 aromatic carbocycles. The van der Waals surface area contributed by atoms with Crippen LogP contribution in [0.2, 0.25) is 0 Å². The second-order valence-electron chi connectivity index (χ2n) is 6.89. The number of aromatic nitrogens is 3. The van der Waals surface area contributed by atoms with Crippen LogP contribution >= 0.6 is 22.7 Å². The summed E-state index contributed by atoms with van der Waals surface area (Å²) >= 11 is 3.30. The summed E-state index contributed by atoms with van der Waals surface area (Å²) in [6.07, 6.45) is 5.57. The van der Waals surface area contributed by atoms with E-state index in [1.807, 2.05) is 12.1 Å². The summed E-state index contributed by atoms with van der Waals surface area (Å²) in [6.45, 7) is 6.47. The zero-order chi connectivity index (χ0) is 18.1. The van der Waals surface area contributed by atoms with E-state index in [-0.39, 0.29) is 5.54 Å². The van der Waals surface area contributed by atoms with Gasteiger partial charge in [0, 0.05) is 35.1 Å². The number of hydrogen-bond acceptors (Lipinski definition) is 5. The Balaban J connectivity index is 1.71. The van der Waals surface area contributed by atoms with E-state index in [2.05, 4.69) is 71.0 Å². The molecular formula is C20H18N4S2. The first-order chi connectivity index (χ1) is 12.5. The smallest absolute Gasteiger partial charge is 0.195 e. The Labute approximate surface area is 160 Å². The number of thiophene rings is 1. The Morgan fingerprint density at radius 3 is 2.65 bits per heavy atom. The zero-order valence-corrected chi connectivity index (χ0v) is 16.4. The van der Waals surface area contributed by atoms with E-state index >= 15 is 0 Å². The molecular weight excluding hydrogens is 360 g/mol. The number of thiazole rings is 1. The minimum atomic E-state index is -0.0477. The fourth-order valence-electron chi connectivity index (χ4n) is 2.53. The Kier molecular flexibility index (Phi) is 4.27. The van der Waals surface area contributed by atoms with Gasteiger partial charge < -0.3 is 5.32 Å². The van der Waals surface area contributed by atoms with Gasteiger partial charge in [-0.25, -0.2) is 4.98 Å². The van der Waals surface area contributed by atoms with Gasteiger partial charge in [-0.05, 0) is 45.0 Å². The molecule has 0 spiro atoms. The van der Waals surface area contributed by atoms with Crippen LogP contribution in [0.4, 0.5) is 5.82 Å². The molecule has 0 fully saturated rings. The van der Waals surface area contributed by atoms with Crippen molar-refractivity contribution in [1.29, 1.82) is 0 Å². The van der Waals surface area contributed by atoms with Gasteiger partial charge in [-0.1, -0.05) is 11.8 Å². The molecule has 0 bridgehead atoms. The number of rotatable bonds is 2. The first-order valence-electron chi connectivity index (χ1n) is 8.26. The topological polar surface area (TPSA) is 42.2 Å². The number of imidazole rings is 1. The van der Waals surface area contributed by atoms with Crippen LogP contribution < -0.4 is 5.32 Å². The van der Waals surface area contributed by atoms with Crippen LogP contribution in [-0.4, -0.2) is 19.9 Å². The van der Waals surface area contributed by atoms with Crippen molar-refractivity contribution in [2.45, 2.75) is 26.3 Å². The van der Waals surface area contributed by atoms with Gasteiger partial charge in [0.15, 0.2) is 4.96 Å². The molecule has 4 rings (SSSR count). The zero-order valence-electron chi connectivity index (χ0n) is 14.8. The molecule has 4 aromatic heterocycles. The highest BCUT2D eigenvalue weighted by atomic mass is 32.1. The molecule has 0 atom stereocenters. The number of pyridine rings is 1. The Hall–Kier alpha value is -2.62. The molecule has 0 saturated carbocycles. The Bertz CT molecular complexity index is 1100. The summed E-state index contributed by atoms with van der Waals surface area (Å²) in [5, 5.41) is 5.65. The average molecular weight is 379 g/mol. The van der Waals surface area contributed by atoms with Crippen LogP contribution in [0.25, 0.3) is 15.5 Å². The van der Waals surface area contributed by atoms with E-state index in [4.69, 9.17) is 4.98 Å². The van der Waals surface area contributed by atoms with Crippen molar-refractivity contribution in [3.05, 3.63) is 58.7 Å². The van der Waals surface area contributed by atoms with Crippen LogP contribution in [0.5, 0.6) is 0 Å². The van der Waals surface area contributed by atoms with Crippen LogP contribution in [0, 0.1) is 11.8 Å². The van der Waals surface area contributed by atoms with Crippen molar-refractivity contribution in [3.8, 4) is 22.4 Å². The SMILES string of the molecule is CC(C)(C)Nc1c(-c2ccc(C#Cc3ccncc3)s2)nc2sccn12. The largest absolute Gasteiger partial charge is 0.365 e. The van der Waals surface area contributed by atoms with E-state index in [1.54, 1.807) is 35.1 Å². The second-order valence-corrected chi connectivity index (χ2v) is 8.85. The fraction of sp³-hybridized carbons (Fsp3) is 0.200. The lowest BCUT2D eigenvalue weighted by molar-refractivity contribution is 0.630. The second kappa shape index (κ2) is 6.60. The third kappa shape index (κ3) is 3.50. The minimum absolute atomic E-state index is 0.0477. The summed E-state index contributed by atoms with van der Waals surface area (Å²) in [6, 6.07) is 7.98. The van der Waals surface area contributed by atoms with Gasteiger partial charge in [0.2, 0.25) is 0 Å². The van der Waals surface area contributed by atoms with Gasteiger partial charge in [-0.15, -0.1) is 22.7 Å². The van der Waals surface area contributed by atoms with E-state index in [9.17, 15) is 0 Å². The van der Waals surface area contributed by atoms with E-state index in [0.29, 0.717) is 0 Å². The van der Waals surface area contributed by atoms with Crippen molar-refractivity contribution < 1.29 is 0 Å². The van der Waals surface area contributed by atoms with Crippen molar-refractivity contribution in [2.24, 2.45) is 0 Å². The van der Waals surface area contributed by atoms with Gasteiger partial charge in [-0.3, -0.25) is 9.38 Å². The molecule has 0 saturated heterocycles. The summed E-state index contributed by atoms with van der Waals surface area (Å²) in [5.74, 6) is 7.45. The van der Waals surface area contributed by atoms with Crippen molar-refractivity contribution in [3.63, 3.8) is 0 Å². The van der Waals surface area contributed by atoms with E-state index in [0.717, 1.165) is 31.8 Å². The number of anilines is 1. The highest BCUT2D eigenvalue weighted by molar-refractivity contribution is 7.16. The van der Waals surface area contributed by atoms with Crippen molar-refractivity contribution in [1.82, 2.24) is 14.4 Å². The number of nitrogens with one attached hydrogen (secondary N) is 1. The highest BCUT2D eigenvalue weighted by Gasteiger charge is 2.20. The lowest BCUT2D eigenvalue weighted by Crippen LogP contribution is -2.27. The van der Waals surface area contributed by atoms with Gasteiger partial charge in [-0.2, -0.15) is 0 Å². The number of nitrogens with zero attached hydrogens (tertiary/aromatic N) is 3. The van der Waals surface area contributed by atoms with E-state index in [1.165, 1.54) is 0 Å². The fourth-order valence-corrected chi connectivity index (χ4v) is 4.10. The van der Waals surface area contributed by atoms with Gasteiger partial charge >= 0.3 is 0 Å². The van der Waals surface area contributed by atoms with Gasteiger partial charge in [0.1, 0.15) is 11.5 Å².